The first kappa shape index (κ1) is 44.3. The second-order valence-electron chi connectivity index (χ2n) is 10.4. The number of methoxy groups -OCH3 is 2. The molecule has 0 saturated carbocycles. The number of hydrogen-bond acceptors (Lipinski definition) is 8. The molecular formula is C34H26F6Hg2O8. The molecule has 256 valence electrons. The molecule has 2 N–H and O–H groups in total. The molecule has 0 amide bonds. The van der Waals surface area contributed by atoms with Crippen LogP contribution in [-0.4, -0.2) is 36.7 Å². The zero-order valence-electron chi connectivity index (χ0n) is 26.6. The van der Waals surface area contributed by atoms with Crippen LogP contribution in [0, 0.1) is 0 Å². The van der Waals surface area contributed by atoms with Crippen LogP contribution in [0.1, 0.15) is 55.6 Å². The van der Waals surface area contributed by atoms with Gasteiger partial charge in [0.15, 0.2) is 0 Å². The van der Waals surface area contributed by atoms with Gasteiger partial charge in [-0.3, -0.25) is 0 Å². The number of rotatable bonds is 2. The summed E-state index contributed by atoms with van der Waals surface area (Å²) >= 11 is 0. The first-order valence-electron chi connectivity index (χ1n) is 13.7. The molecule has 8 bridgehead atoms. The number of phenolic OH excluding ortho intramolecular Hbond substituents is 2. The molecule has 4 aromatic carbocycles. The molecule has 0 saturated heterocycles. The van der Waals surface area contributed by atoms with Gasteiger partial charge in [0.1, 0.15) is 23.0 Å². The molecule has 4 aromatic rings. The number of phenols is 2. The molecule has 0 unspecified atom stereocenters. The zero-order chi connectivity index (χ0) is 35.8. The second-order valence-corrected chi connectivity index (χ2v) is 10.4. The molecule has 0 atom stereocenters. The minimum atomic E-state index is -4.69. The van der Waals surface area contributed by atoms with Crippen molar-refractivity contribution in [2.75, 3.05) is 14.2 Å². The number of benzene rings is 4. The Kier molecular flexibility index (Phi) is 16.9. The SMILES string of the molecule is COc1c2cccc1Cc1cc(C(F)(F)F)cc(c1O)Cc1cccc(c1OC)Cc1cc(C(F)(F)F)cc(c1O)C2.O=C=O.O=C=O.[Hg].[Hg]. The monoisotopic (exact) mass is 1080 g/mol. The smallest absolute Gasteiger partial charge is 0.416 e. The van der Waals surface area contributed by atoms with E-state index in [1.54, 1.807) is 36.4 Å². The first-order chi connectivity index (χ1) is 22.6. The number of hydrogen-bond donors (Lipinski definition) is 2. The number of para-hydroxylation sites is 2. The van der Waals surface area contributed by atoms with E-state index in [9.17, 15) is 36.6 Å². The van der Waals surface area contributed by atoms with Crippen LogP contribution in [0.3, 0.4) is 0 Å². The molecule has 8 nitrogen and oxygen atoms in total. The van der Waals surface area contributed by atoms with Gasteiger partial charge >= 0.3 is 24.7 Å². The Hall–Kier alpha value is -3.71. The largest absolute Gasteiger partial charge is 0.507 e. The fourth-order valence-corrected chi connectivity index (χ4v) is 5.56. The molecule has 5 rings (SSSR count). The number of ether oxygens (including phenoxy) is 2. The van der Waals surface area contributed by atoms with Crippen molar-refractivity contribution >= 4 is 12.3 Å². The Morgan fingerprint density at radius 2 is 0.740 bits per heavy atom. The van der Waals surface area contributed by atoms with E-state index in [1.165, 1.54) is 14.2 Å². The molecule has 1 aliphatic rings. The van der Waals surface area contributed by atoms with Crippen molar-refractivity contribution in [2.45, 2.75) is 38.0 Å². The second kappa shape index (κ2) is 19.1. The molecule has 0 aromatic heterocycles. The van der Waals surface area contributed by atoms with E-state index in [0.717, 1.165) is 24.3 Å². The Morgan fingerprint density at radius 1 is 0.520 bits per heavy atom. The van der Waals surface area contributed by atoms with E-state index in [1.807, 2.05) is 0 Å². The molecule has 0 heterocycles. The predicted molar refractivity (Wildman–Crippen MR) is 153 cm³/mol. The van der Waals surface area contributed by atoms with Crippen LogP contribution < -0.4 is 9.47 Å². The van der Waals surface area contributed by atoms with Crippen molar-refractivity contribution in [1.82, 2.24) is 0 Å². The fourth-order valence-electron chi connectivity index (χ4n) is 5.56. The Balaban J connectivity index is 0.00000146. The van der Waals surface area contributed by atoms with Crippen molar-refractivity contribution in [3.63, 3.8) is 0 Å². The van der Waals surface area contributed by atoms with Crippen LogP contribution in [0.25, 0.3) is 0 Å². The van der Waals surface area contributed by atoms with Gasteiger partial charge in [0.2, 0.25) is 0 Å². The normalized spacial score (nSPS) is 11.7. The van der Waals surface area contributed by atoms with Crippen molar-refractivity contribution in [3.8, 4) is 23.0 Å². The van der Waals surface area contributed by atoms with E-state index in [2.05, 4.69) is 0 Å². The Labute approximate surface area is 322 Å². The molecule has 0 spiro atoms. The average Bonchev–Trinajstić information content (AvgIpc) is 3.00. The standard InChI is InChI=1S/C32H26F6O4.2CO2.2Hg/c1-41-29-17-5-3-6-18(29)10-22-14-26(32(36,37)38)16-24(28(22)40)12-20-8-4-7-19(30(20)42-2)11-23-15-25(31(33,34)35)13-21(9-17)27(23)39;2*2-1-3;;/h3-8,13-16,39-40H,9-12H2,1-2H3;;;;. The topological polar surface area (TPSA) is 127 Å². The molecule has 0 fully saturated rings. The number of carbonyl (C=O) groups excluding carboxylic acids is 4. The third kappa shape index (κ3) is 10.6. The van der Waals surface area contributed by atoms with Gasteiger partial charge in [-0.25, -0.2) is 0 Å². The minimum Gasteiger partial charge on any atom is -0.507 e. The van der Waals surface area contributed by atoms with Crippen LogP contribution >= 0.6 is 0 Å². The minimum absolute atomic E-state index is 0. The quantitative estimate of drug-likeness (QED) is 0.149. The number of alkyl halides is 6. The third-order valence-corrected chi connectivity index (χ3v) is 7.48. The number of aromatic hydroxyl groups is 2. The van der Waals surface area contributed by atoms with Crippen molar-refractivity contribution < 1.29 is 121 Å². The van der Waals surface area contributed by atoms with Gasteiger partial charge < -0.3 is 19.7 Å². The van der Waals surface area contributed by atoms with Crippen LogP contribution in [0.2, 0.25) is 0 Å². The molecule has 1 aliphatic carbocycles. The van der Waals surface area contributed by atoms with E-state index < -0.39 is 23.5 Å². The maximum absolute atomic E-state index is 14.0. The van der Waals surface area contributed by atoms with Crippen molar-refractivity contribution in [3.05, 3.63) is 116 Å². The molecule has 0 radical (unpaired) electrons. The fraction of sp³-hybridized carbons (Fsp3) is 0.235. The summed E-state index contributed by atoms with van der Waals surface area (Å²) in [6, 6.07) is 13.2. The van der Waals surface area contributed by atoms with Gasteiger partial charge in [-0.15, -0.1) is 0 Å². The molecule has 16 heteroatoms. The number of halogens is 6. The summed E-state index contributed by atoms with van der Waals surface area (Å²) in [4.78, 5) is 32.5. The summed E-state index contributed by atoms with van der Waals surface area (Å²) in [5.74, 6) is -0.165. The Bertz CT molecular complexity index is 1640. The van der Waals surface area contributed by atoms with Crippen LogP contribution in [0.5, 0.6) is 23.0 Å². The van der Waals surface area contributed by atoms with Gasteiger partial charge in [-0.2, -0.15) is 45.5 Å². The van der Waals surface area contributed by atoms with Crippen LogP contribution in [0.15, 0.2) is 60.7 Å². The van der Waals surface area contributed by atoms with Crippen molar-refractivity contribution in [1.29, 1.82) is 0 Å². The Morgan fingerprint density at radius 3 is 0.920 bits per heavy atom. The van der Waals surface area contributed by atoms with Crippen LogP contribution in [0.4, 0.5) is 26.3 Å². The molecular weight excluding hydrogens is 1050 g/mol. The molecule has 0 aliphatic heterocycles. The number of fused-ring (bicyclic) bond motifs is 8. The predicted octanol–water partition coefficient (Wildman–Crippen LogP) is 6.66. The third-order valence-electron chi connectivity index (χ3n) is 7.48. The van der Waals surface area contributed by atoms with E-state index >= 15 is 0 Å². The maximum atomic E-state index is 14.0. The maximum Gasteiger partial charge on any atom is 0.416 e. The summed E-state index contributed by atoms with van der Waals surface area (Å²) < 4.78 is 95.0. The van der Waals surface area contributed by atoms with Crippen LogP contribution in [-0.2, 0) is 113 Å². The van der Waals surface area contributed by atoms with Gasteiger partial charge in [-0.05, 0) is 68.8 Å². The molecule has 50 heavy (non-hydrogen) atoms. The summed E-state index contributed by atoms with van der Waals surface area (Å²) in [7, 11) is 2.68. The average molecular weight is 1080 g/mol. The summed E-state index contributed by atoms with van der Waals surface area (Å²) in [5.41, 5.74) is -0.218. The van der Waals surface area contributed by atoms with Gasteiger partial charge in [0.25, 0.3) is 0 Å². The zero-order valence-corrected chi connectivity index (χ0v) is 37.6. The summed E-state index contributed by atoms with van der Waals surface area (Å²) in [6.07, 6.45) is -9.50. The van der Waals surface area contributed by atoms with Crippen molar-refractivity contribution in [2.24, 2.45) is 0 Å². The first-order valence-corrected chi connectivity index (χ1v) is 13.7. The van der Waals surface area contributed by atoms with Gasteiger partial charge in [0, 0.05) is 81.0 Å². The van der Waals surface area contributed by atoms with Gasteiger partial charge in [-0.1, -0.05) is 36.4 Å². The summed E-state index contributed by atoms with van der Waals surface area (Å²) in [5, 5.41) is 22.4. The van der Waals surface area contributed by atoms with E-state index in [-0.39, 0.29) is 139 Å². The van der Waals surface area contributed by atoms with E-state index in [4.69, 9.17) is 28.7 Å². The summed E-state index contributed by atoms with van der Waals surface area (Å²) in [6.45, 7) is 0. The van der Waals surface area contributed by atoms with E-state index in [0.29, 0.717) is 22.3 Å². The van der Waals surface area contributed by atoms with Gasteiger partial charge in [0.05, 0.1) is 25.3 Å².